The van der Waals surface area contributed by atoms with Gasteiger partial charge >= 0.3 is 0 Å². The van der Waals surface area contributed by atoms with Gasteiger partial charge < -0.3 is 10.2 Å². The Morgan fingerprint density at radius 2 is 2.04 bits per heavy atom. The Morgan fingerprint density at radius 1 is 1.23 bits per heavy atom. The van der Waals surface area contributed by atoms with Gasteiger partial charge in [-0.05, 0) is 38.3 Å². The molecule has 1 unspecified atom stereocenters. The van der Waals surface area contributed by atoms with Crippen molar-refractivity contribution >= 4 is 11.7 Å². The highest BCUT2D eigenvalue weighted by Crippen LogP contribution is 2.20. The molecule has 0 radical (unpaired) electrons. The summed E-state index contributed by atoms with van der Waals surface area (Å²) in [6, 6.07) is 6.08. The fourth-order valence-corrected chi connectivity index (χ4v) is 4.01. The van der Waals surface area contributed by atoms with E-state index < -0.39 is 0 Å². The van der Waals surface area contributed by atoms with E-state index in [1.807, 2.05) is 13.0 Å². The third kappa shape index (κ3) is 4.53. The summed E-state index contributed by atoms with van der Waals surface area (Å²) in [5, 5.41) is 12.6. The minimum atomic E-state index is -0.115. The lowest BCUT2D eigenvalue weighted by Gasteiger charge is -2.30. The van der Waals surface area contributed by atoms with E-state index in [1.54, 1.807) is 12.3 Å². The van der Waals surface area contributed by atoms with E-state index >= 15 is 0 Å². The van der Waals surface area contributed by atoms with Gasteiger partial charge in [-0.2, -0.15) is 5.26 Å². The van der Waals surface area contributed by atoms with Crippen LogP contribution in [-0.2, 0) is 4.79 Å². The third-order valence-electron chi connectivity index (χ3n) is 5.62. The second kappa shape index (κ2) is 9.00. The number of rotatable bonds is 4. The van der Waals surface area contributed by atoms with Gasteiger partial charge in [-0.25, -0.2) is 4.98 Å². The first-order chi connectivity index (χ1) is 12.7. The molecule has 1 saturated carbocycles. The highest BCUT2D eigenvalue weighted by atomic mass is 16.2. The minimum absolute atomic E-state index is 0.115. The van der Waals surface area contributed by atoms with E-state index in [2.05, 4.69) is 26.2 Å². The number of nitriles is 1. The average Bonchev–Trinajstić information content (AvgIpc) is 2.94. The molecule has 2 heterocycles. The number of aromatic nitrogens is 1. The molecule has 1 amide bonds. The first-order valence-electron chi connectivity index (χ1n) is 9.83. The Hall–Kier alpha value is -2.13. The van der Waals surface area contributed by atoms with E-state index in [0.717, 1.165) is 51.3 Å². The zero-order valence-corrected chi connectivity index (χ0v) is 15.7. The van der Waals surface area contributed by atoms with Crippen LogP contribution < -0.4 is 10.2 Å². The van der Waals surface area contributed by atoms with Gasteiger partial charge in [0.25, 0.3) is 0 Å². The van der Waals surface area contributed by atoms with Crippen LogP contribution in [-0.4, -0.2) is 54.1 Å². The lowest BCUT2D eigenvalue weighted by Crippen LogP contribution is -2.49. The van der Waals surface area contributed by atoms with Crippen molar-refractivity contribution in [2.45, 2.75) is 57.5 Å². The number of pyridine rings is 1. The third-order valence-corrected chi connectivity index (χ3v) is 5.62. The van der Waals surface area contributed by atoms with Crippen LogP contribution in [0.25, 0.3) is 0 Å². The number of nitrogens with one attached hydrogen (secondary N) is 1. The summed E-state index contributed by atoms with van der Waals surface area (Å²) in [6.07, 6.45) is 8.67. The van der Waals surface area contributed by atoms with Crippen LogP contribution in [0.15, 0.2) is 18.3 Å². The lowest BCUT2D eigenvalue weighted by molar-refractivity contribution is -0.126. The first-order valence-corrected chi connectivity index (χ1v) is 9.83. The molecule has 140 valence electrons. The Kier molecular flexibility index (Phi) is 6.45. The molecule has 1 atom stereocenters. The number of anilines is 1. The fourth-order valence-electron chi connectivity index (χ4n) is 4.01. The molecule has 0 spiro atoms. The van der Waals surface area contributed by atoms with Crippen LogP contribution in [0.1, 0.15) is 51.0 Å². The predicted molar refractivity (Wildman–Crippen MR) is 102 cm³/mol. The molecule has 1 saturated heterocycles. The smallest absolute Gasteiger partial charge is 0.237 e. The van der Waals surface area contributed by atoms with Crippen molar-refractivity contribution in [3.8, 4) is 6.07 Å². The van der Waals surface area contributed by atoms with Crippen LogP contribution in [0.4, 0.5) is 5.82 Å². The van der Waals surface area contributed by atoms with Crippen molar-refractivity contribution in [1.29, 1.82) is 5.26 Å². The van der Waals surface area contributed by atoms with Gasteiger partial charge in [-0.1, -0.05) is 19.3 Å². The summed E-state index contributed by atoms with van der Waals surface area (Å²) in [7, 11) is 0. The molecule has 2 fully saturated rings. The first kappa shape index (κ1) is 18.7. The number of hydrogen-bond donors (Lipinski definition) is 1. The maximum absolute atomic E-state index is 12.7. The van der Waals surface area contributed by atoms with Crippen LogP contribution in [0.3, 0.4) is 0 Å². The molecule has 1 N–H and O–H groups in total. The summed E-state index contributed by atoms with van der Waals surface area (Å²) in [5.74, 6) is 0.914. The van der Waals surface area contributed by atoms with E-state index in [4.69, 9.17) is 0 Å². The number of carbonyl (C=O) groups is 1. The Labute approximate surface area is 156 Å². The normalized spacial score (nSPS) is 20.8. The molecule has 0 aromatic carbocycles. The van der Waals surface area contributed by atoms with Crippen LogP contribution in [0, 0.1) is 11.3 Å². The molecule has 1 aromatic rings. The Balaban J connectivity index is 1.57. The van der Waals surface area contributed by atoms with Crippen molar-refractivity contribution in [2.24, 2.45) is 0 Å². The van der Waals surface area contributed by atoms with Gasteiger partial charge in [0.1, 0.15) is 11.9 Å². The molecule has 1 aliphatic heterocycles. The summed E-state index contributed by atoms with van der Waals surface area (Å²) < 4.78 is 0. The lowest BCUT2D eigenvalue weighted by atomic mass is 9.95. The van der Waals surface area contributed by atoms with Gasteiger partial charge in [0.05, 0.1) is 11.6 Å². The Bertz CT molecular complexity index is 650. The maximum atomic E-state index is 12.7. The predicted octanol–water partition coefficient (Wildman–Crippen LogP) is 2.30. The molecular formula is C20H29N5O. The quantitative estimate of drug-likeness (QED) is 0.897. The second-order valence-electron chi connectivity index (χ2n) is 7.38. The molecule has 1 aromatic heterocycles. The second-order valence-corrected chi connectivity index (χ2v) is 7.38. The SMILES string of the molecule is CC(C(=O)NC1CCCCC1)N1CCCN(c2ncccc2C#N)CC1. The van der Waals surface area contributed by atoms with Crippen LogP contribution in [0.5, 0.6) is 0 Å². The molecule has 6 nitrogen and oxygen atoms in total. The number of hydrogen-bond acceptors (Lipinski definition) is 5. The molecule has 3 rings (SSSR count). The average molecular weight is 355 g/mol. The minimum Gasteiger partial charge on any atom is -0.354 e. The molecule has 6 heteroatoms. The molecule has 0 bridgehead atoms. The van der Waals surface area contributed by atoms with E-state index in [-0.39, 0.29) is 11.9 Å². The van der Waals surface area contributed by atoms with E-state index in [1.165, 1.54) is 19.3 Å². The summed E-state index contributed by atoms with van der Waals surface area (Å²) in [4.78, 5) is 21.5. The molecule has 1 aliphatic carbocycles. The van der Waals surface area contributed by atoms with Gasteiger partial charge in [0, 0.05) is 38.4 Å². The van der Waals surface area contributed by atoms with Gasteiger partial charge in [0.2, 0.25) is 5.91 Å². The van der Waals surface area contributed by atoms with Crippen molar-refractivity contribution in [3.05, 3.63) is 23.9 Å². The fraction of sp³-hybridized carbons (Fsp3) is 0.650. The zero-order valence-electron chi connectivity index (χ0n) is 15.7. The van der Waals surface area contributed by atoms with Crippen LogP contribution >= 0.6 is 0 Å². The zero-order chi connectivity index (χ0) is 18.4. The Morgan fingerprint density at radius 3 is 2.81 bits per heavy atom. The van der Waals surface area contributed by atoms with E-state index in [0.29, 0.717) is 11.6 Å². The topological polar surface area (TPSA) is 72.3 Å². The highest BCUT2D eigenvalue weighted by molar-refractivity contribution is 5.81. The number of nitrogens with zero attached hydrogens (tertiary/aromatic N) is 4. The van der Waals surface area contributed by atoms with E-state index in [9.17, 15) is 10.1 Å². The maximum Gasteiger partial charge on any atom is 0.237 e. The van der Waals surface area contributed by atoms with Gasteiger partial charge in [0.15, 0.2) is 0 Å². The number of carbonyl (C=O) groups excluding carboxylic acids is 1. The molecular weight excluding hydrogens is 326 g/mol. The number of amides is 1. The van der Waals surface area contributed by atoms with Crippen molar-refractivity contribution < 1.29 is 4.79 Å². The summed E-state index contributed by atoms with van der Waals surface area (Å²) in [6.45, 7) is 5.35. The van der Waals surface area contributed by atoms with Gasteiger partial charge in [-0.3, -0.25) is 9.69 Å². The largest absolute Gasteiger partial charge is 0.354 e. The molecule has 26 heavy (non-hydrogen) atoms. The van der Waals surface area contributed by atoms with Crippen molar-refractivity contribution in [3.63, 3.8) is 0 Å². The summed E-state index contributed by atoms with van der Waals surface area (Å²) in [5.41, 5.74) is 0.615. The van der Waals surface area contributed by atoms with Crippen LogP contribution in [0.2, 0.25) is 0 Å². The van der Waals surface area contributed by atoms with Gasteiger partial charge in [-0.15, -0.1) is 0 Å². The molecule has 2 aliphatic rings. The standard InChI is InChI=1S/C20H29N5O/c1-16(20(26)23-18-8-3-2-4-9-18)24-11-6-12-25(14-13-24)19-17(15-21)7-5-10-22-19/h5,7,10,16,18H,2-4,6,8-9,11-14H2,1H3,(H,23,26). The van der Waals surface area contributed by atoms with Crippen molar-refractivity contribution in [2.75, 3.05) is 31.1 Å². The van der Waals surface area contributed by atoms with Crippen molar-refractivity contribution in [1.82, 2.24) is 15.2 Å². The summed E-state index contributed by atoms with van der Waals surface area (Å²) >= 11 is 0. The highest BCUT2D eigenvalue weighted by Gasteiger charge is 2.26. The monoisotopic (exact) mass is 355 g/mol.